The van der Waals surface area contributed by atoms with Crippen LogP contribution in [0.25, 0.3) is 0 Å². The second kappa shape index (κ2) is 5.19. The summed E-state index contributed by atoms with van der Waals surface area (Å²) in [4.78, 5) is 12.4. The molecule has 0 amide bonds. The molecule has 0 spiro atoms. The molecule has 18 heavy (non-hydrogen) atoms. The number of carbonyl (C=O) groups excluding carboxylic acids is 1. The van der Waals surface area contributed by atoms with Gasteiger partial charge >= 0.3 is 0 Å². The van der Waals surface area contributed by atoms with Crippen LogP contribution in [-0.2, 0) is 11.2 Å². The molecule has 0 radical (unpaired) electrons. The van der Waals surface area contributed by atoms with Gasteiger partial charge in [0.1, 0.15) is 11.6 Å². The normalized spacial score (nSPS) is 17.9. The third-order valence-corrected chi connectivity index (χ3v) is 4.20. The second-order valence-electron chi connectivity index (χ2n) is 5.36. The van der Waals surface area contributed by atoms with Crippen molar-refractivity contribution in [3.8, 4) is 0 Å². The molecule has 1 aliphatic rings. The largest absolute Gasteiger partial charge is 0.329 e. The summed E-state index contributed by atoms with van der Waals surface area (Å²) in [5.74, 6) is -0.0321. The SMILES string of the molecule is Cc1cc(F)ccc1CC(=O)C1(CN)CCCC1. The van der Waals surface area contributed by atoms with Gasteiger partial charge < -0.3 is 5.73 Å². The van der Waals surface area contributed by atoms with Gasteiger partial charge in [-0.3, -0.25) is 4.79 Å². The Morgan fingerprint density at radius 3 is 2.61 bits per heavy atom. The first-order chi connectivity index (χ1) is 8.57. The van der Waals surface area contributed by atoms with Crippen molar-refractivity contribution in [2.45, 2.75) is 39.0 Å². The Kier molecular flexibility index (Phi) is 3.81. The number of ketones is 1. The lowest BCUT2D eigenvalue weighted by Crippen LogP contribution is -2.37. The van der Waals surface area contributed by atoms with Crippen LogP contribution in [0.4, 0.5) is 4.39 Å². The summed E-state index contributed by atoms with van der Waals surface area (Å²) in [6.07, 6.45) is 4.37. The molecule has 0 aliphatic heterocycles. The summed E-state index contributed by atoms with van der Waals surface area (Å²) in [5.41, 5.74) is 7.24. The number of rotatable bonds is 4. The molecule has 0 saturated heterocycles. The third kappa shape index (κ3) is 2.46. The molecule has 0 atom stereocenters. The van der Waals surface area contributed by atoms with E-state index < -0.39 is 0 Å². The van der Waals surface area contributed by atoms with Gasteiger partial charge in [0.25, 0.3) is 0 Å². The lowest BCUT2D eigenvalue weighted by molar-refractivity contribution is -0.127. The van der Waals surface area contributed by atoms with Crippen molar-refractivity contribution in [3.05, 3.63) is 35.1 Å². The Morgan fingerprint density at radius 1 is 1.39 bits per heavy atom. The van der Waals surface area contributed by atoms with Gasteiger partial charge in [-0.1, -0.05) is 18.9 Å². The first kappa shape index (κ1) is 13.2. The van der Waals surface area contributed by atoms with Crippen molar-refractivity contribution in [2.75, 3.05) is 6.54 Å². The summed E-state index contributed by atoms with van der Waals surface area (Å²) >= 11 is 0. The van der Waals surface area contributed by atoms with E-state index in [-0.39, 0.29) is 17.0 Å². The van der Waals surface area contributed by atoms with E-state index in [0.29, 0.717) is 13.0 Å². The predicted molar refractivity (Wildman–Crippen MR) is 69.8 cm³/mol. The van der Waals surface area contributed by atoms with E-state index in [9.17, 15) is 9.18 Å². The average Bonchev–Trinajstić information content (AvgIpc) is 2.82. The molecule has 3 heteroatoms. The number of hydrogen-bond acceptors (Lipinski definition) is 2. The summed E-state index contributed by atoms with van der Waals surface area (Å²) in [6, 6.07) is 4.60. The van der Waals surface area contributed by atoms with E-state index in [1.807, 2.05) is 6.92 Å². The van der Waals surface area contributed by atoms with Gasteiger partial charge in [0.15, 0.2) is 0 Å². The Morgan fingerprint density at radius 2 is 2.06 bits per heavy atom. The van der Waals surface area contributed by atoms with Crippen LogP contribution in [0.15, 0.2) is 18.2 Å². The maximum Gasteiger partial charge on any atom is 0.144 e. The monoisotopic (exact) mass is 249 g/mol. The minimum atomic E-state index is -0.319. The molecular weight excluding hydrogens is 229 g/mol. The highest BCUT2D eigenvalue weighted by atomic mass is 19.1. The zero-order valence-corrected chi connectivity index (χ0v) is 10.8. The number of halogens is 1. The van der Waals surface area contributed by atoms with Crippen LogP contribution >= 0.6 is 0 Å². The predicted octanol–water partition coefficient (Wildman–Crippen LogP) is 2.76. The van der Waals surface area contributed by atoms with E-state index in [1.54, 1.807) is 6.07 Å². The third-order valence-electron chi connectivity index (χ3n) is 4.20. The van der Waals surface area contributed by atoms with E-state index >= 15 is 0 Å². The number of carbonyl (C=O) groups is 1. The molecule has 1 aromatic rings. The fourth-order valence-corrected chi connectivity index (χ4v) is 2.87. The number of benzene rings is 1. The lowest BCUT2D eigenvalue weighted by atomic mass is 9.79. The molecule has 2 N–H and O–H groups in total. The van der Waals surface area contributed by atoms with Crippen molar-refractivity contribution < 1.29 is 9.18 Å². The number of hydrogen-bond donors (Lipinski definition) is 1. The highest BCUT2D eigenvalue weighted by Crippen LogP contribution is 2.38. The quantitative estimate of drug-likeness (QED) is 0.891. The lowest BCUT2D eigenvalue weighted by Gasteiger charge is -2.25. The Balaban J connectivity index is 2.15. The van der Waals surface area contributed by atoms with Gasteiger partial charge in [0.05, 0.1) is 0 Å². The van der Waals surface area contributed by atoms with Crippen LogP contribution in [0.3, 0.4) is 0 Å². The van der Waals surface area contributed by atoms with Crippen LogP contribution in [0.5, 0.6) is 0 Å². The van der Waals surface area contributed by atoms with E-state index in [4.69, 9.17) is 5.73 Å². The van der Waals surface area contributed by atoms with Crippen molar-refractivity contribution in [1.29, 1.82) is 0 Å². The molecule has 98 valence electrons. The topological polar surface area (TPSA) is 43.1 Å². The molecule has 1 fully saturated rings. The van der Waals surface area contributed by atoms with Gasteiger partial charge in [-0.25, -0.2) is 4.39 Å². The zero-order chi connectivity index (χ0) is 13.2. The smallest absolute Gasteiger partial charge is 0.144 e. The molecule has 0 unspecified atom stereocenters. The fraction of sp³-hybridized carbons (Fsp3) is 0.533. The first-order valence-electron chi connectivity index (χ1n) is 6.56. The Hall–Kier alpha value is -1.22. The highest BCUT2D eigenvalue weighted by molar-refractivity contribution is 5.87. The van der Waals surface area contributed by atoms with Crippen LogP contribution in [-0.4, -0.2) is 12.3 Å². The maximum absolute atomic E-state index is 13.0. The van der Waals surface area contributed by atoms with Crippen LogP contribution in [0, 0.1) is 18.2 Å². The molecule has 0 heterocycles. The molecular formula is C15H20FNO. The summed E-state index contributed by atoms with van der Waals surface area (Å²) in [5, 5.41) is 0. The van der Waals surface area contributed by atoms with Crippen molar-refractivity contribution in [2.24, 2.45) is 11.1 Å². The van der Waals surface area contributed by atoms with Gasteiger partial charge in [-0.15, -0.1) is 0 Å². The van der Waals surface area contributed by atoms with E-state index in [0.717, 1.165) is 36.8 Å². The van der Waals surface area contributed by atoms with Crippen LogP contribution in [0.2, 0.25) is 0 Å². The zero-order valence-electron chi connectivity index (χ0n) is 10.8. The van der Waals surface area contributed by atoms with Gasteiger partial charge in [0.2, 0.25) is 0 Å². The van der Waals surface area contributed by atoms with Gasteiger partial charge in [0, 0.05) is 18.4 Å². The van der Waals surface area contributed by atoms with Gasteiger partial charge in [-0.2, -0.15) is 0 Å². The molecule has 2 rings (SSSR count). The second-order valence-corrected chi connectivity index (χ2v) is 5.36. The van der Waals surface area contributed by atoms with Gasteiger partial charge in [-0.05, 0) is 43.0 Å². The van der Waals surface area contributed by atoms with Crippen molar-refractivity contribution in [1.82, 2.24) is 0 Å². The number of Topliss-reactive ketones (excluding diaryl/α,β-unsaturated/α-hetero) is 1. The minimum absolute atomic E-state index is 0.220. The average molecular weight is 249 g/mol. The first-order valence-corrected chi connectivity index (χ1v) is 6.56. The minimum Gasteiger partial charge on any atom is -0.329 e. The van der Waals surface area contributed by atoms with E-state index in [2.05, 4.69) is 0 Å². The van der Waals surface area contributed by atoms with Crippen molar-refractivity contribution in [3.63, 3.8) is 0 Å². The molecule has 0 aromatic heterocycles. The fourth-order valence-electron chi connectivity index (χ4n) is 2.87. The summed E-state index contributed by atoms with van der Waals surface area (Å²) in [6.45, 7) is 2.28. The van der Waals surface area contributed by atoms with Crippen LogP contribution in [0.1, 0.15) is 36.8 Å². The van der Waals surface area contributed by atoms with E-state index in [1.165, 1.54) is 12.1 Å². The standard InChI is InChI=1S/C15H20FNO/c1-11-8-13(16)5-4-12(11)9-14(18)15(10-17)6-2-3-7-15/h4-5,8H,2-3,6-7,9-10,17H2,1H3. The summed E-state index contributed by atoms with van der Waals surface area (Å²) < 4.78 is 13.0. The highest BCUT2D eigenvalue weighted by Gasteiger charge is 2.39. The number of nitrogens with two attached hydrogens (primary N) is 1. The molecule has 0 bridgehead atoms. The molecule has 2 nitrogen and oxygen atoms in total. The summed E-state index contributed by atoms with van der Waals surface area (Å²) in [7, 11) is 0. The maximum atomic E-state index is 13.0. The Labute approximate surface area is 107 Å². The molecule has 1 aromatic carbocycles. The van der Waals surface area contributed by atoms with Crippen LogP contribution < -0.4 is 5.73 Å². The number of aryl methyl sites for hydroxylation is 1. The van der Waals surface area contributed by atoms with Crippen molar-refractivity contribution >= 4 is 5.78 Å². The molecule has 1 saturated carbocycles. The molecule has 1 aliphatic carbocycles. The Bertz CT molecular complexity index is 450.